The summed E-state index contributed by atoms with van der Waals surface area (Å²) in [4.78, 5) is 23.8. The second-order valence-electron chi connectivity index (χ2n) is 5.96. The third kappa shape index (κ3) is 5.20. The van der Waals surface area contributed by atoms with Crippen LogP contribution in [0.4, 0.5) is 0 Å². The van der Waals surface area contributed by atoms with E-state index >= 15 is 0 Å². The fraction of sp³-hybridized carbons (Fsp3) is 0.200. The molecule has 1 saturated heterocycles. The van der Waals surface area contributed by atoms with Gasteiger partial charge in [0, 0.05) is 0 Å². The Hall–Kier alpha value is -3.13. The fourth-order valence-corrected chi connectivity index (χ4v) is 3.47. The molecule has 0 radical (unpaired) electrons. The molecule has 7 nitrogen and oxygen atoms in total. The van der Waals surface area contributed by atoms with Crippen molar-refractivity contribution in [2.75, 3.05) is 6.61 Å². The van der Waals surface area contributed by atoms with E-state index in [1.807, 2.05) is 12.1 Å². The summed E-state index contributed by atoms with van der Waals surface area (Å²) in [5.74, 6) is -0.304. The van der Waals surface area contributed by atoms with Crippen molar-refractivity contribution in [2.45, 2.75) is 18.6 Å². The molecule has 144 valence electrons. The number of amides is 1. The molecule has 2 aromatic rings. The third-order valence-corrected chi connectivity index (χ3v) is 4.98. The van der Waals surface area contributed by atoms with Gasteiger partial charge in [0.05, 0.1) is 23.6 Å². The Bertz CT molecular complexity index is 908. The number of amidine groups is 1. The number of carbonyl (C=O) groups excluding carboxylic acids is 2. The molecular formula is C20H19N3O4S. The summed E-state index contributed by atoms with van der Waals surface area (Å²) in [6.45, 7) is 2.09. The highest BCUT2D eigenvalue weighted by molar-refractivity contribution is 8.15. The molecule has 1 heterocycles. The van der Waals surface area contributed by atoms with Gasteiger partial charge in [0.1, 0.15) is 5.75 Å². The molecule has 0 aliphatic carbocycles. The molecule has 1 aliphatic rings. The van der Waals surface area contributed by atoms with Crippen LogP contribution >= 0.6 is 11.8 Å². The molecule has 0 saturated carbocycles. The number of esters is 1. The van der Waals surface area contributed by atoms with E-state index < -0.39 is 0 Å². The monoisotopic (exact) mass is 397 g/mol. The summed E-state index contributed by atoms with van der Waals surface area (Å²) in [6, 6.07) is 13.6. The summed E-state index contributed by atoms with van der Waals surface area (Å²) < 4.78 is 4.96. The minimum absolute atomic E-state index is 0.127. The number of benzene rings is 2. The van der Waals surface area contributed by atoms with Gasteiger partial charge < -0.3 is 15.2 Å². The fourth-order valence-electron chi connectivity index (χ4n) is 2.50. The standard InChI is InChI=1S/C20H19N3O4S/c1-2-27-19(26)15-7-3-13(4-8-15)11-17-18(25)22-20(28-17)23-21-12-14-5-9-16(24)10-6-14/h3-10,12,17,24H,2,11H2,1H3,(H,22,23,25)/b21-12+. The molecule has 2 aromatic carbocycles. The van der Waals surface area contributed by atoms with Crippen molar-refractivity contribution in [3.8, 4) is 5.75 Å². The Morgan fingerprint density at radius 3 is 2.61 bits per heavy atom. The number of rotatable bonds is 6. The Labute approximate surface area is 166 Å². The van der Waals surface area contributed by atoms with Crippen molar-refractivity contribution in [3.63, 3.8) is 0 Å². The molecule has 2 N–H and O–H groups in total. The first-order valence-corrected chi connectivity index (χ1v) is 9.56. The van der Waals surface area contributed by atoms with Crippen molar-refractivity contribution < 1.29 is 19.4 Å². The number of aromatic hydroxyl groups is 1. The molecule has 1 unspecified atom stereocenters. The molecule has 1 aliphatic heterocycles. The van der Waals surface area contributed by atoms with Gasteiger partial charge >= 0.3 is 5.97 Å². The van der Waals surface area contributed by atoms with Crippen LogP contribution in [0.2, 0.25) is 0 Å². The summed E-state index contributed by atoms with van der Waals surface area (Å²) in [6.07, 6.45) is 2.06. The average Bonchev–Trinajstić information content (AvgIpc) is 3.03. The first-order valence-electron chi connectivity index (χ1n) is 8.69. The molecular weight excluding hydrogens is 378 g/mol. The Balaban J connectivity index is 1.58. The van der Waals surface area contributed by atoms with Gasteiger partial charge in [-0.1, -0.05) is 23.9 Å². The van der Waals surface area contributed by atoms with E-state index in [0.717, 1.165) is 11.1 Å². The van der Waals surface area contributed by atoms with Crippen molar-refractivity contribution in [3.05, 3.63) is 65.2 Å². The van der Waals surface area contributed by atoms with Gasteiger partial charge in [-0.25, -0.2) is 4.79 Å². The number of phenols is 1. The van der Waals surface area contributed by atoms with Crippen LogP contribution in [0, 0.1) is 0 Å². The highest BCUT2D eigenvalue weighted by Crippen LogP contribution is 2.23. The van der Waals surface area contributed by atoms with Crippen molar-refractivity contribution in [2.24, 2.45) is 10.2 Å². The number of phenolic OH excluding ortho intramolecular Hbond substituents is 1. The van der Waals surface area contributed by atoms with Crippen LogP contribution in [-0.4, -0.2) is 40.2 Å². The van der Waals surface area contributed by atoms with Crippen molar-refractivity contribution in [1.29, 1.82) is 0 Å². The van der Waals surface area contributed by atoms with E-state index in [1.165, 1.54) is 11.8 Å². The van der Waals surface area contributed by atoms with Crippen LogP contribution in [0.3, 0.4) is 0 Å². The number of ether oxygens (including phenoxy) is 1. The lowest BCUT2D eigenvalue weighted by atomic mass is 10.1. The van der Waals surface area contributed by atoms with Gasteiger partial charge in [-0.2, -0.15) is 5.10 Å². The maximum atomic E-state index is 12.2. The molecule has 1 fully saturated rings. The van der Waals surface area contributed by atoms with Crippen LogP contribution in [0.1, 0.15) is 28.4 Å². The second-order valence-corrected chi connectivity index (χ2v) is 7.15. The number of carbonyl (C=O) groups is 2. The SMILES string of the molecule is CCOC(=O)c1ccc(CC2SC(=N/N=C/c3ccc(O)cc3)NC2=O)cc1. The molecule has 8 heteroatoms. The smallest absolute Gasteiger partial charge is 0.338 e. The maximum Gasteiger partial charge on any atom is 0.338 e. The van der Waals surface area contributed by atoms with E-state index in [4.69, 9.17) is 4.74 Å². The maximum absolute atomic E-state index is 12.2. The van der Waals surface area contributed by atoms with Gasteiger partial charge in [0.2, 0.25) is 5.91 Å². The molecule has 3 rings (SSSR count). The molecule has 1 atom stereocenters. The minimum Gasteiger partial charge on any atom is -0.508 e. The lowest BCUT2D eigenvalue weighted by molar-refractivity contribution is -0.118. The zero-order valence-corrected chi connectivity index (χ0v) is 16.0. The number of hydrogen-bond acceptors (Lipinski definition) is 7. The topological polar surface area (TPSA) is 100 Å². The van der Waals surface area contributed by atoms with Crippen LogP contribution in [0.15, 0.2) is 58.7 Å². The van der Waals surface area contributed by atoms with Gasteiger partial charge in [0.15, 0.2) is 5.17 Å². The number of thioether (sulfide) groups is 1. The number of nitrogens with zero attached hydrogens (tertiary/aromatic N) is 2. The van der Waals surface area contributed by atoms with Gasteiger partial charge in [-0.15, -0.1) is 5.10 Å². The molecule has 28 heavy (non-hydrogen) atoms. The van der Waals surface area contributed by atoms with E-state index in [2.05, 4.69) is 15.5 Å². The largest absolute Gasteiger partial charge is 0.508 e. The molecule has 0 bridgehead atoms. The lowest BCUT2D eigenvalue weighted by Crippen LogP contribution is -2.25. The quantitative estimate of drug-likeness (QED) is 0.443. The first-order chi connectivity index (χ1) is 13.5. The predicted octanol–water partition coefficient (Wildman–Crippen LogP) is 2.73. The predicted molar refractivity (Wildman–Crippen MR) is 109 cm³/mol. The Kier molecular flexibility index (Phi) is 6.44. The Morgan fingerprint density at radius 2 is 1.93 bits per heavy atom. The van der Waals surface area contributed by atoms with Gasteiger partial charge in [0.25, 0.3) is 0 Å². The third-order valence-electron chi connectivity index (χ3n) is 3.91. The summed E-state index contributed by atoms with van der Waals surface area (Å²) in [7, 11) is 0. The summed E-state index contributed by atoms with van der Waals surface area (Å²) in [5.41, 5.74) is 2.21. The van der Waals surface area contributed by atoms with Crippen LogP contribution in [0.5, 0.6) is 5.75 Å². The van der Waals surface area contributed by atoms with Crippen molar-refractivity contribution >= 4 is 35.0 Å². The highest BCUT2D eigenvalue weighted by Gasteiger charge is 2.30. The van der Waals surface area contributed by atoms with Gasteiger partial charge in [-0.3, -0.25) is 4.79 Å². The van der Waals surface area contributed by atoms with E-state index in [9.17, 15) is 14.7 Å². The second kappa shape index (κ2) is 9.18. The number of hydrogen-bond donors (Lipinski definition) is 2. The highest BCUT2D eigenvalue weighted by atomic mass is 32.2. The summed E-state index contributed by atoms with van der Waals surface area (Å²) in [5, 5.41) is 20.1. The Morgan fingerprint density at radius 1 is 1.21 bits per heavy atom. The number of nitrogens with one attached hydrogen (secondary N) is 1. The van der Waals surface area contributed by atoms with Crippen LogP contribution < -0.4 is 5.32 Å². The van der Waals surface area contributed by atoms with Crippen LogP contribution in [-0.2, 0) is 16.0 Å². The van der Waals surface area contributed by atoms with Crippen LogP contribution in [0.25, 0.3) is 0 Å². The van der Waals surface area contributed by atoms with E-state index in [1.54, 1.807) is 49.5 Å². The lowest BCUT2D eigenvalue weighted by Gasteiger charge is -2.06. The molecule has 1 amide bonds. The minimum atomic E-state index is -0.358. The van der Waals surface area contributed by atoms with E-state index in [0.29, 0.717) is 23.8 Å². The first kappa shape index (κ1) is 19.6. The zero-order chi connectivity index (χ0) is 19.9. The van der Waals surface area contributed by atoms with Gasteiger partial charge in [-0.05, 0) is 60.9 Å². The van der Waals surface area contributed by atoms with E-state index in [-0.39, 0.29) is 22.9 Å². The zero-order valence-electron chi connectivity index (χ0n) is 15.2. The average molecular weight is 397 g/mol. The molecule has 0 spiro atoms. The molecule has 0 aromatic heterocycles. The van der Waals surface area contributed by atoms with Crippen molar-refractivity contribution in [1.82, 2.24) is 5.32 Å². The summed E-state index contributed by atoms with van der Waals surface area (Å²) >= 11 is 1.31. The normalized spacial score (nSPS) is 17.8.